The molecule has 0 atom stereocenters. The molecule has 1 aliphatic rings. The first-order chi connectivity index (χ1) is 10.4. The van der Waals surface area contributed by atoms with E-state index in [1.807, 2.05) is 18.2 Å². The molecule has 1 aliphatic heterocycles. The molecule has 0 aliphatic carbocycles. The van der Waals surface area contributed by atoms with Crippen molar-refractivity contribution in [3.63, 3.8) is 0 Å². The molecule has 0 radical (unpaired) electrons. The Morgan fingerprint density at radius 2 is 2.05 bits per heavy atom. The minimum atomic E-state index is 0.839. The average molecular weight is 283 g/mol. The minimum absolute atomic E-state index is 0.839. The summed E-state index contributed by atoms with van der Waals surface area (Å²) >= 11 is 0. The summed E-state index contributed by atoms with van der Waals surface area (Å²) in [6.45, 7) is 3.90. The van der Waals surface area contributed by atoms with Crippen molar-refractivity contribution in [1.29, 1.82) is 0 Å². The van der Waals surface area contributed by atoms with E-state index in [9.17, 15) is 0 Å². The minimum Gasteiger partial charge on any atom is -0.497 e. The molecule has 6 heteroatoms. The zero-order valence-electron chi connectivity index (χ0n) is 11.9. The number of nitrogens with one attached hydrogen (secondary N) is 2. The second-order valence-corrected chi connectivity index (χ2v) is 5.19. The third kappa shape index (κ3) is 1.99. The van der Waals surface area contributed by atoms with Crippen molar-refractivity contribution < 1.29 is 4.74 Å². The fourth-order valence-corrected chi connectivity index (χ4v) is 2.90. The number of aromatic nitrogens is 3. The van der Waals surface area contributed by atoms with Gasteiger partial charge in [-0.05, 0) is 18.2 Å². The molecule has 1 aromatic carbocycles. The quantitative estimate of drug-likeness (QED) is 0.746. The van der Waals surface area contributed by atoms with Crippen LogP contribution >= 0.6 is 0 Å². The normalized spacial score (nSPS) is 15.8. The first kappa shape index (κ1) is 12.4. The lowest BCUT2D eigenvalue weighted by molar-refractivity contribution is 0.415. The van der Waals surface area contributed by atoms with Crippen LogP contribution in [0.3, 0.4) is 0 Å². The van der Waals surface area contributed by atoms with Gasteiger partial charge >= 0.3 is 0 Å². The molecule has 0 unspecified atom stereocenters. The van der Waals surface area contributed by atoms with Crippen molar-refractivity contribution >= 4 is 27.8 Å². The number of methoxy groups -OCH3 is 1. The molecular weight excluding hydrogens is 266 g/mol. The van der Waals surface area contributed by atoms with Crippen LogP contribution in [-0.4, -0.2) is 48.2 Å². The van der Waals surface area contributed by atoms with Gasteiger partial charge in [-0.3, -0.25) is 0 Å². The third-order valence-electron chi connectivity index (χ3n) is 3.99. The molecule has 2 N–H and O–H groups in total. The van der Waals surface area contributed by atoms with E-state index in [-0.39, 0.29) is 0 Å². The van der Waals surface area contributed by atoms with Gasteiger partial charge in [0.2, 0.25) is 0 Å². The van der Waals surface area contributed by atoms with Gasteiger partial charge in [0.25, 0.3) is 0 Å². The van der Waals surface area contributed by atoms with Crippen LogP contribution in [0, 0.1) is 0 Å². The summed E-state index contributed by atoms with van der Waals surface area (Å²) in [6.07, 6.45) is 1.65. The lowest BCUT2D eigenvalue weighted by Gasteiger charge is -2.28. The summed E-state index contributed by atoms with van der Waals surface area (Å²) < 4.78 is 5.31. The number of fused-ring (bicyclic) bond motifs is 3. The second kappa shape index (κ2) is 4.89. The Balaban J connectivity index is 1.92. The summed E-state index contributed by atoms with van der Waals surface area (Å²) in [5, 5.41) is 4.43. The molecule has 108 valence electrons. The molecule has 6 nitrogen and oxygen atoms in total. The highest BCUT2D eigenvalue weighted by atomic mass is 16.5. The molecule has 1 fully saturated rings. The van der Waals surface area contributed by atoms with E-state index in [0.717, 1.165) is 59.7 Å². The zero-order valence-corrected chi connectivity index (χ0v) is 11.9. The van der Waals surface area contributed by atoms with Gasteiger partial charge in [-0.25, -0.2) is 9.97 Å². The fraction of sp³-hybridized carbons (Fsp3) is 0.333. The van der Waals surface area contributed by atoms with Crippen LogP contribution in [0.4, 0.5) is 5.82 Å². The second-order valence-electron chi connectivity index (χ2n) is 5.19. The molecule has 3 heterocycles. The van der Waals surface area contributed by atoms with E-state index in [0.29, 0.717) is 0 Å². The number of hydrogen-bond acceptors (Lipinski definition) is 5. The Bertz CT molecular complexity index is 791. The van der Waals surface area contributed by atoms with Gasteiger partial charge in [-0.2, -0.15) is 0 Å². The predicted octanol–water partition coefficient (Wildman–Crippen LogP) is 1.53. The summed E-state index contributed by atoms with van der Waals surface area (Å²) in [4.78, 5) is 14.7. The maximum atomic E-state index is 5.31. The Morgan fingerprint density at radius 3 is 2.86 bits per heavy atom. The summed E-state index contributed by atoms with van der Waals surface area (Å²) in [7, 11) is 1.68. The van der Waals surface area contributed by atoms with Crippen LogP contribution < -0.4 is 15.0 Å². The molecule has 1 saturated heterocycles. The first-order valence-electron chi connectivity index (χ1n) is 7.13. The van der Waals surface area contributed by atoms with E-state index in [1.54, 1.807) is 13.4 Å². The topological polar surface area (TPSA) is 66.1 Å². The van der Waals surface area contributed by atoms with Crippen LogP contribution in [-0.2, 0) is 0 Å². The number of piperazine rings is 1. The Hall–Kier alpha value is -2.34. The van der Waals surface area contributed by atoms with Crippen molar-refractivity contribution in [3.8, 4) is 5.75 Å². The highest BCUT2D eigenvalue weighted by Crippen LogP contribution is 2.31. The van der Waals surface area contributed by atoms with Crippen LogP contribution in [0.2, 0.25) is 0 Å². The molecule has 3 aromatic rings. The molecule has 0 amide bonds. The van der Waals surface area contributed by atoms with Crippen molar-refractivity contribution in [2.24, 2.45) is 0 Å². The number of anilines is 1. The van der Waals surface area contributed by atoms with Crippen molar-refractivity contribution in [1.82, 2.24) is 20.3 Å². The molecular formula is C15H17N5O. The molecule has 0 bridgehead atoms. The van der Waals surface area contributed by atoms with Crippen LogP contribution in [0.15, 0.2) is 24.5 Å². The van der Waals surface area contributed by atoms with Crippen molar-refractivity contribution in [2.75, 3.05) is 38.2 Å². The number of aromatic amines is 1. The van der Waals surface area contributed by atoms with Gasteiger partial charge in [0.1, 0.15) is 23.1 Å². The van der Waals surface area contributed by atoms with Gasteiger partial charge in [-0.15, -0.1) is 0 Å². The molecule has 4 rings (SSSR count). The lowest BCUT2D eigenvalue weighted by Crippen LogP contribution is -2.44. The van der Waals surface area contributed by atoms with Gasteiger partial charge in [-0.1, -0.05) is 0 Å². The molecule has 21 heavy (non-hydrogen) atoms. The van der Waals surface area contributed by atoms with E-state index in [4.69, 9.17) is 4.74 Å². The van der Waals surface area contributed by atoms with Gasteiger partial charge in [0.15, 0.2) is 5.82 Å². The molecule has 2 aromatic heterocycles. The maximum absolute atomic E-state index is 5.31. The monoisotopic (exact) mass is 283 g/mol. The van der Waals surface area contributed by atoms with Gasteiger partial charge in [0, 0.05) is 37.1 Å². The summed E-state index contributed by atoms with van der Waals surface area (Å²) in [5.74, 6) is 1.82. The predicted molar refractivity (Wildman–Crippen MR) is 83.0 cm³/mol. The zero-order chi connectivity index (χ0) is 14.2. The van der Waals surface area contributed by atoms with E-state index in [2.05, 4.69) is 25.2 Å². The summed E-state index contributed by atoms with van der Waals surface area (Å²) in [6, 6.07) is 6.00. The van der Waals surface area contributed by atoms with E-state index < -0.39 is 0 Å². The number of hydrogen-bond donors (Lipinski definition) is 2. The number of H-pyrrole nitrogens is 1. The van der Waals surface area contributed by atoms with Crippen LogP contribution in [0.1, 0.15) is 0 Å². The maximum Gasteiger partial charge on any atom is 0.156 e. The number of ether oxygens (including phenoxy) is 1. The number of nitrogens with zero attached hydrogens (tertiary/aromatic N) is 3. The summed E-state index contributed by atoms with van der Waals surface area (Å²) in [5.41, 5.74) is 3.01. The smallest absolute Gasteiger partial charge is 0.156 e. The van der Waals surface area contributed by atoms with Crippen molar-refractivity contribution in [2.45, 2.75) is 0 Å². The fourth-order valence-electron chi connectivity index (χ4n) is 2.90. The number of rotatable bonds is 2. The highest BCUT2D eigenvalue weighted by molar-refractivity contribution is 6.08. The van der Waals surface area contributed by atoms with E-state index in [1.165, 1.54) is 0 Å². The largest absolute Gasteiger partial charge is 0.497 e. The Labute approximate surface area is 122 Å². The first-order valence-corrected chi connectivity index (χ1v) is 7.13. The van der Waals surface area contributed by atoms with Crippen LogP contribution in [0.5, 0.6) is 5.75 Å². The average Bonchev–Trinajstić information content (AvgIpc) is 2.93. The van der Waals surface area contributed by atoms with Gasteiger partial charge < -0.3 is 19.9 Å². The standard InChI is InChI=1S/C15H17N5O/c1-21-10-2-3-12-11(8-10)13-14(19-12)15(18-9-17-13)20-6-4-16-5-7-20/h2-3,8-9,16,19H,4-7H2,1H3. The van der Waals surface area contributed by atoms with Crippen LogP contribution in [0.25, 0.3) is 21.9 Å². The number of benzene rings is 1. The lowest BCUT2D eigenvalue weighted by atomic mass is 10.2. The van der Waals surface area contributed by atoms with E-state index >= 15 is 0 Å². The van der Waals surface area contributed by atoms with Gasteiger partial charge in [0.05, 0.1) is 7.11 Å². The highest BCUT2D eigenvalue weighted by Gasteiger charge is 2.17. The van der Waals surface area contributed by atoms with Crippen molar-refractivity contribution in [3.05, 3.63) is 24.5 Å². The molecule has 0 spiro atoms. The third-order valence-corrected chi connectivity index (χ3v) is 3.99. The SMILES string of the molecule is COc1ccc2[nH]c3c(N4CCNCC4)ncnc3c2c1. The Morgan fingerprint density at radius 1 is 1.19 bits per heavy atom. The molecule has 0 saturated carbocycles. The Kier molecular flexibility index (Phi) is 2.89.